The van der Waals surface area contributed by atoms with Crippen molar-refractivity contribution in [1.29, 1.82) is 0 Å². The maximum atomic E-state index is 12.0. The minimum Gasteiger partial charge on any atom is -0.378 e. The molecule has 10 heteroatoms. The molecule has 0 bridgehead atoms. The number of nitro groups is 1. The number of amides is 1. The molecule has 1 unspecified atom stereocenters. The number of carbonyl (C=O) groups is 1. The molecule has 1 aromatic rings. The second kappa shape index (κ2) is 8.26. The number of sulfone groups is 1. The first-order valence-corrected chi connectivity index (χ1v) is 9.89. The molecule has 0 spiro atoms. The Morgan fingerprint density at radius 3 is 2.76 bits per heavy atom. The van der Waals surface area contributed by atoms with Gasteiger partial charge in [0.05, 0.1) is 15.7 Å². The third-order valence-corrected chi connectivity index (χ3v) is 5.11. The van der Waals surface area contributed by atoms with E-state index in [-0.39, 0.29) is 28.1 Å². The predicted octanol–water partition coefficient (Wildman–Crippen LogP) is 0.526. The van der Waals surface area contributed by atoms with Crippen molar-refractivity contribution in [2.45, 2.75) is 17.7 Å². The molecule has 1 aliphatic rings. The van der Waals surface area contributed by atoms with Gasteiger partial charge in [-0.1, -0.05) is 0 Å². The van der Waals surface area contributed by atoms with Crippen LogP contribution in [0.1, 0.15) is 12.8 Å². The predicted molar refractivity (Wildman–Crippen MR) is 93.3 cm³/mol. The number of benzene rings is 1. The highest BCUT2D eigenvalue weighted by Gasteiger charge is 2.21. The van der Waals surface area contributed by atoms with Gasteiger partial charge >= 0.3 is 0 Å². The van der Waals surface area contributed by atoms with E-state index in [0.717, 1.165) is 31.7 Å². The Hall–Kier alpha value is -2.20. The summed E-state index contributed by atoms with van der Waals surface area (Å²) in [5.41, 5.74) is -0.100. The Balaban J connectivity index is 1.91. The van der Waals surface area contributed by atoms with Crippen LogP contribution in [0.3, 0.4) is 0 Å². The Morgan fingerprint density at radius 1 is 1.40 bits per heavy atom. The molecule has 9 nitrogen and oxygen atoms in total. The van der Waals surface area contributed by atoms with Crippen LogP contribution in [0, 0.1) is 16.0 Å². The third kappa shape index (κ3) is 5.40. The minimum atomic E-state index is -3.52. The van der Waals surface area contributed by atoms with E-state index < -0.39 is 14.8 Å². The van der Waals surface area contributed by atoms with Crippen molar-refractivity contribution in [3.05, 3.63) is 28.3 Å². The van der Waals surface area contributed by atoms with Crippen molar-refractivity contribution in [2.75, 3.05) is 37.8 Å². The fourth-order valence-corrected chi connectivity index (χ4v) is 3.29. The average molecular weight is 370 g/mol. The van der Waals surface area contributed by atoms with Gasteiger partial charge in [-0.2, -0.15) is 0 Å². The van der Waals surface area contributed by atoms with E-state index in [9.17, 15) is 23.3 Å². The monoisotopic (exact) mass is 370 g/mol. The summed E-state index contributed by atoms with van der Waals surface area (Å²) in [6.45, 7) is 2.21. The Labute approximate surface area is 146 Å². The maximum absolute atomic E-state index is 12.0. The zero-order valence-corrected chi connectivity index (χ0v) is 14.8. The fraction of sp³-hybridized carbons (Fsp3) is 0.533. The van der Waals surface area contributed by atoms with E-state index in [1.54, 1.807) is 0 Å². The van der Waals surface area contributed by atoms with Gasteiger partial charge in [0.15, 0.2) is 9.84 Å². The van der Waals surface area contributed by atoms with E-state index >= 15 is 0 Å². The zero-order chi connectivity index (χ0) is 18.4. The van der Waals surface area contributed by atoms with Crippen LogP contribution in [-0.2, 0) is 14.6 Å². The highest BCUT2D eigenvalue weighted by molar-refractivity contribution is 7.90. The SMILES string of the molecule is CS(=O)(=O)c1ccc(NCCNC(=O)C2CCCNC2)c([N+](=O)[O-])c1. The van der Waals surface area contributed by atoms with Crippen LogP contribution in [0.2, 0.25) is 0 Å². The molecule has 1 saturated heterocycles. The molecule has 1 atom stereocenters. The molecule has 3 N–H and O–H groups in total. The Bertz CT molecular complexity index is 744. The van der Waals surface area contributed by atoms with Crippen LogP contribution >= 0.6 is 0 Å². The van der Waals surface area contributed by atoms with Gasteiger partial charge in [-0.25, -0.2) is 8.42 Å². The van der Waals surface area contributed by atoms with Crippen molar-refractivity contribution in [3.8, 4) is 0 Å². The van der Waals surface area contributed by atoms with Gasteiger partial charge in [-0.15, -0.1) is 0 Å². The van der Waals surface area contributed by atoms with Crippen molar-refractivity contribution in [1.82, 2.24) is 10.6 Å². The zero-order valence-electron chi connectivity index (χ0n) is 13.9. The van der Waals surface area contributed by atoms with Gasteiger partial charge in [0.25, 0.3) is 5.69 Å². The fourth-order valence-electron chi connectivity index (χ4n) is 2.65. The van der Waals surface area contributed by atoms with Gasteiger partial charge in [0.2, 0.25) is 5.91 Å². The van der Waals surface area contributed by atoms with Crippen LogP contribution < -0.4 is 16.0 Å². The summed E-state index contributed by atoms with van der Waals surface area (Å²) >= 11 is 0. The van der Waals surface area contributed by atoms with Crippen LogP contribution in [0.15, 0.2) is 23.1 Å². The number of carbonyl (C=O) groups excluding carboxylic acids is 1. The quantitative estimate of drug-likeness (QED) is 0.362. The van der Waals surface area contributed by atoms with Crippen molar-refractivity contribution in [3.63, 3.8) is 0 Å². The summed E-state index contributed by atoms with van der Waals surface area (Å²) in [6, 6.07) is 3.71. The minimum absolute atomic E-state index is 0.0316. The summed E-state index contributed by atoms with van der Waals surface area (Å²) in [5.74, 6) is -0.0759. The van der Waals surface area contributed by atoms with Crippen molar-refractivity contribution in [2.24, 2.45) is 5.92 Å². The lowest BCUT2D eigenvalue weighted by molar-refractivity contribution is -0.384. The molecule has 0 saturated carbocycles. The lowest BCUT2D eigenvalue weighted by Crippen LogP contribution is -2.41. The lowest BCUT2D eigenvalue weighted by atomic mass is 9.99. The number of rotatable bonds is 7. The number of nitro benzene ring substituents is 1. The number of hydrogen-bond acceptors (Lipinski definition) is 7. The molecule has 1 amide bonds. The van der Waals surface area contributed by atoms with Gasteiger partial charge in [0, 0.05) is 32.0 Å². The highest BCUT2D eigenvalue weighted by Crippen LogP contribution is 2.27. The molecule has 0 aromatic heterocycles. The van der Waals surface area contributed by atoms with Crippen molar-refractivity contribution < 1.29 is 18.1 Å². The van der Waals surface area contributed by atoms with E-state index in [1.807, 2.05) is 0 Å². The maximum Gasteiger partial charge on any atom is 0.293 e. The number of piperidine rings is 1. The van der Waals surface area contributed by atoms with Crippen LogP contribution in [0.25, 0.3) is 0 Å². The number of nitrogens with zero attached hydrogens (tertiary/aromatic N) is 1. The van der Waals surface area contributed by atoms with Gasteiger partial charge in [0.1, 0.15) is 5.69 Å². The second-order valence-corrected chi connectivity index (χ2v) is 7.99. The number of hydrogen-bond donors (Lipinski definition) is 3. The largest absolute Gasteiger partial charge is 0.378 e. The van der Waals surface area contributed by atoms with Gasteiger partial charge in [-0.05, 0) is 31.5 Å². The lowest BCUT2D eigenvalue weighted by Gasteiger charge is -2.21. The first-order valence-electron chi connectivity index (χ1n) is 8.00. The van der Waals surface area contributed by atoms with Crippen LogP contribution in [0.5, 0.6) is 0 Å². The average Bonchev–Trinajstić information content (AvgIpc) is 2.58. The first kappa shape index (κ1) is 19.1. The summed E-state index contributed by atoms with van der Waals surface area (Å²) in [6.07, 6.45) is 2.81. The summed E-state index contributed by atoms with van der Waals surface area (Å²) < 4.78 is 23.0. The van der Waals surface area contributed by atoms with Gasteiger partial charge in [-0.3, -0.25) is 14.9 Å². The number of anilines is 1. The van der Waals surface area contributed by atoms with E-state index in [4.69, 9.17) is 0 Å². The Morgan fingerprint density at radius 2 is 2.16 bits per heavy atom. The molecule has 2 rings (SSSR count). The summed E-state index contributed by atoms with van der Waals surface area (Å²) in [4.78, 5) is 22.4. The molecule has 1 aliphatic heterocycles. The topological polar surface area (TPSA) is 130 Å². The van der Waals surface area contributed by atoms with E-state index in [0.29, 0.717) is 19.6 Å². The Kier molecular flexibility index (Phi) is 6.32. The molecule has 138 valence electrons. The third-order valence-electron chi connectivity index (χ3n) is 4.00. The smallest absolute Gasteiger partial charge is 0.293 e. The molecular formula is C15H22N4O5S. The normalized spacial score (nSPS) is 17.7. The standard InChI is InChI=1S/C15H22N4O5S/c1-25(23,24)12-4-5-13(14(9-12)19(21)22)17-7-8-18-15(20)11-3-2-6-16-10-11/h4-5,9,11,16-17H,2-3,6-8,10H2,1H3,(H,18,20). The van der Waals surface area contributed by atoms with Crippen LogP contribution in [-0.4, -0.2) is 51.7 Å². The molecule has 1 aromatic carbocycles. The molecule has 1 heterocycles. The van der Waals surface area contributed by atoms with Gasteiger partial charge < -0.3 is 16.0 Å². The highest BCUT2D eigenvalue weighted by atomic mass is 32.2. The number of nitrogens with one attached hydrogen (secondary N) is 3. The molecule has 25 heavy (non-hydrogen) atoms. The first-order chi connectivity index (χ1) is 11.8. The molecule has 1 fully saturated rings. The summed E-state index contributed by atoms with van der Waals surface area (Å²) in [5, 5.41) is 20.0. The van der Waals surface area contributed by atoms with E-state index in [2.05, 4.69) is 16.0 Å². The van der Waals surface area contributed by atoms with E-state index in [1.165, 1.54) is 12.1 Å². The van der Waals surface area contributed by atoms with Crippen LogP contribution in [0.4, 0.5) is 11.4 Å². The second-order valence-electron chi connectivity index (χ2n) is 5.97. The molecular weight excluding hydrogens is 348 g/mol. The van der Waals surface area contributed by atoms with Crippen molar-refractivity contribution >= 4 is 27.1 Å². The summed E-state index contributed by atoms with van der Waals surface area (Å²) in [7, 11) is -3.52. The molecule has 0 radical (unpaired) electrons. The molecule has 0 aliphatic carbocycles.